The minimum Gasteiger partial charge on any atom is -0.450 e. The maximum atomic E-state index is 12.4. The average Bonchev–Trinajstić information content (AvgIpc) is 2.54. The first-order chi connectivity index (χ1) is 10.2. The van der Waals surface area contributed by atoms with Crippen LogP contribution < -0.4 is 5.32 Å². The van der Waals surface area contributed by atoms with Gasteiger partial charge in [0.1, 0.15) is 11.5 Å². The van der Waals surface area contributed by atoms with Gasteiger partial charge in [-0.3, -0.25) is 4.79 Å². The van der Waals surface area contributed by atoms with Crippen molar-refractivity contribution in [2.75, 3.05) is 45.2 Å². The fraction of sp³-hybridized carbons (Fsp3) is 0.500. The van der Waals surface area contributed by atoms with Crippen LogP contribution >= 0.6 is 0 Å². The Morgan fingerprint density at radius 3 is 2.52 bits per heavy atom. The molecule has 1 fully saturated rings. The molecule has 21 heavy (non-hydrogen) atoms. The van der Waals surface area contributed by atoms with Crippen LogP contribution in [0, 0.1) is 0 Å². The number of rotatable bonds is 3. The summed E-state index contributed by atoms with van der Waals surface area (Å²) >= 11 is 0. The highest BCUT2D eigenvalue weighted by atomic mass is 16.6. The van der Waals surface area contributed by atoms with E-state index in [4.69, 9.17) is 4.74 Å². The number of aromatic nitrogens is 1. The average molecular weight is 292 g/mol. The molecule has 0 radical (unpaired) electrons. The number of pyridine rings is 1. The fourth-order valence-corrected chi connectivity index (χ4v) is 2.16. The van der Waals surface area contributed by atoms with E-state index in [2.05, 4.69) is 10.3 Å². The van der Waals surface area contributed by atoms with Crippen LogP contribution in [-0.2, 0) is 4.74 Å². The summed E-state index contributed by atoms with van der Waals surface area (Å²) in [5.74, 6) is 0.543. The zero-order valence-electron chi connectivity index (χ0n) is 12.3. The van der Waals surface area contributed by atoms with Crippen LogP contribution in [0.3, 0.4) is 0 Å². The van der Waals surface area contributed by atoms with Gasteiger partial charge in [0.05, 0.1) is 6.61 Å². The Kier molecular flexibility index (Phi) is 4.97. The lowest BCUT2D eigenvalue weighted by molar-refractivity contribution is 0.0566. The Labute approximate surface area is 123 Å². The Morgan fingerprint density at radius 2 is 1.90 bits per heavy atom. The van der Waals surface area contributed by atoms with Crippen molar-refractivity contribution in [3.05, 3.63) is 23.9 Å². The Morgan fingerprint density at radius 1 is 1.24 bits per heavy atom. The molecule has 1 saturated heterocycles. The molecule has 1 N–H and O–H groups in total. The number of hydrogen-bond acceptors (Lipinski definition) is 5. The van der Waals surface area contributed by atoms with E-state index in [9.17, 15) is 9.59 Å². The second kappa shape index (κ2) is 6.92. The third-order valence-electron chi connectivity index (χ3n) is 3.32. The molecule has 0 unspecified atom stereocenters. The molecule has 2 heterocycles. The van der Waals surface area contributed by atoms with Crippen molar-refractivity contribution < 1.29 is 14.3 Å². The highest BCUT2D eigenvalue weighted by molar-refractivity contribution is 5.92. The Hall–Kier alpha value is -2.31. The molecule has 1 aromatic heterocycles. The number of carbonyl (C=O) groups is 2. The maximum absolute atomic E-state index is 12.4. The molecule has 0 aliphatic carbocycles. The van der Waals surface area contributed by atoms with Gasteiger partial charge in [-0.25, -0.2) is 9.78 Å². The lowest BCUT2D eigenvalue weighted by Crippen LogP contribution is -2.50. The molecule has 0 atom stereocenters. The van der Waals surface area contributed by atoms with Crippen molar-refractivity contribution in [2.45, 2.75) is 6.92 Å². The lowest BCUT2D eigenvalue weighted by atomic mass is 10.2. The highest BCUT2D eigenvalue weighted by Gasteiger charge is 2.26. The minimum absolute atomic E-state index is 0.115. The summed E-state index contributed by atoms with van der Waals surface area (Å²) in [6.07, 6.45) is -0.320. The third kappa shape index (κ3) is 3.62. The fourth-order valence-electron chi connectivity index (χ4n) is 2.16. The van der Waals surface area contributed by atoms with Crippen LogP contribution in [0.4, 0.5) is 10.6 Å². The normalized spacial score (nSPS) is 14.8. The molecule has 0 aromatic carbocycles. The van der Waals surface area contributed by atoms with Crippen molar-refractivity contribution in [2.24, 2.45) is 0 Å². The number of amides is 2. The number of nitrogens with zero attached hydrogens (tertiary/aromatic N) is 3. The smallest absolute Gasteiger partial charge is 0.409 e. The van der Waals surface area contributed by atoms with Crippen LogP contribution in [0.5, 0.6) is 0 Å². The van der Waals surface area contributed by atoms with E-state index in [1.807, 2.05) is 0 Å². The quantitative estimate of drug-likeness (QED) is 0.901. The van der Waals surface area contributed by atoms with Crippen LogP contribution in [0.25, 0.3) is 0 Å². The molecule has 1 aromatic rings. The summed E-state index contributed by atoms with van der Waals surface area (Å²) in [7, 11) is 1.76. The summed E-state index contributed by atoms with van der Waals surface area (Å²) in [6, 6.07) is 5.29. The van der Waals surface area contributed by atoms with Crippen molar-refractivity contribution in [1.29, 1.82) is 0 Å². The summed E-state index contributed by atoms with van der Waals surface area (Å²) in [5.41, 5.74) is 0.409. The maximum Gasteiger partial charge on any atom is 0.409 e. The first kappa shape index (κ1) is 15.1. The van der Waals surface area contributed by atoms with Crippen molar-refractivity contribution in [1.82, 2.24) is 14.8 Å². The van der Waals surface area contributed by atoms with E-state index < -0.39 is 0 Å². The van der Waals surface area contributed by atoms with E-state index in [0.717, 1.165) is 0 Å². The number of anilines is 1. The van der Waals surface area contributed by atoms with E-state index in [0.29, 0.717) is 44.3 Å². The van der Waals surface area contributed by atoms with Crippen molar-refractivity contribution >= 4 is 17.8 Å². The van der Waals surface area contributed by atoms with Crippen molar-refractivity contribution in [3.8, 4) is 0 Å². The molecule has 114 valence electrons. The summed E-state index contributed by atoms with van der Waals surface area (Å²) < 4.78 is 4.95. The first-order valence-electron chi connectivity index (χ1n) is 7.01. The molecular weight excluding hydrogens is 272 g/mol. The number of carbonyl (C=O) groups excluding carboxylic acids is 2. The zero-order valence-corrected chi connectivity index (χ0v) is 12.3. The number of hydrogen-bond donors (Lipinski definition) is 1. The molecular formula is C14H20N4O3. The molecule has 0 bridgehead atoms. The van der Waals surface area contributed by atoms with Gasteiger partial charge in [0.15, 0.2) is 0 Å². The molecule has 1 aliphatic rings. The second-order valence-corrected chi connectivity index (χ2v) is 4.64. The molecule has 1 aliphatic heterocycles. The van der Waals surface area contributed by atoms with Gasteiger partial charge in [-0.15, -0.1) is 0 Å². The Bertz CT molecular complexity index is 513. The van der Waals surface area contributed by atoms with Gasteiger partial charge in [0, 0.05) is 33.2 Å². The molecule has 2 rings (SSSR count). The van der Waals surface area contributed by atoms with Gasteiger partial charge in [-0.05, 0) is 19.1 Å². The van der Waals surface area contributed by atoms with E-state index in [1.54, 1.807) is 42.0 Å². The molecule has 0 spiro atoms. The van der Waals surface area contributed by atoms with Crippen molar-refractivity contribution in [3.63, 3.8) is 0 Å². The zero-order chi connectivity index (χ0) is 15.2. The van der Waals surface area contributed by atoms with Gasteiger partial charge in [-0.2, -0.15) is 0 Å². The molecule has 0 saturated carbocycles. The third-order valence-corrected chi connectivity index (χ3v) is 3.32. The predicted octanol–water partition coefficient (Wildman–Crippen LogP) is 1.04. The summed E-state index contributed by atoms with van der Waals surface area (Å²) in [4.78, 5) is 31.5. The number of ether oxygens (including phenoxy) is 1. The largest absolute Gasteiger partial charge is 0.450 e. The van der Waals surface area contributed by atoms with Crippen LogP contribution in [0.15, 0.2) is 18.2 Å². The predicted molar refractivity (Wildman–Crippen MR) is 78.3 cm³/mol. The van der Waals surface area contributed by atoms with Gasteiger partial charge >= 0.3 is 6.09 Å². The van der Waals surface area contributed by atoms with E-state index in [1.165, 1.54) is 0 Å². The highest BCUT2D eigenvalue weighted by Crippen LogP contribution is 2.10. The van der Waals surface area contributed by atoms with Crippen LogP contribution in [0.2, 0.25) is 0 Å². The van der Waals surface area contributed by atoms with Gasteiger partial charge < -0.3 is 19.9 Å². The van der Waals surface area contributed by atoms with E-state index >= 15 is 0 Å². The summed E-state index contributed by atoms with van der Waals surface area (Å²) in [6.45, 7) is 4.08. The van der Waals surface area contributed by atoms with Crippen LogP contribution in [-0.4, -0.2) is 66.6 Å². The lowest BCUT2D eigenvalue weighted by Gasteiger charge is -2.33. The number of nitrogens with one attached hydrogen (secondary N) is 1. The second-order valence-electron chi connectivity index (χ2n) is 4.64. The Balaban J connectivity index is 1.95. The molecule has 2 amide bonds. The monoisotopic (exact) mass is 292 g/mol. The van der Waals surface area contributed by atoms with Crippen LogP contribution in [0.1, 0.15) is 17.4 Å². The minimum atomic E-state index is -0.320. The summed E-state index contributed by atoms with van der Waals surface area (Å²) in [5, 5.41) is 2.91. The standard InChI is InChI=1S/C14H20N4O3/c1-3-21-14(20)18-9-7-17(8-10-18)13(19)11-5-4-6-12(15-2)16-11/h4-6H,3,7-10H2,1-2H3,(H,15,16). The SMILES string of the molecule is CCOC(=O)N1CCN(C(=O)c2cccc(NC)n2)CC1. The molecule has 7 nitrogen and oxygen atoms in total. The van der Waals surface area contributed by atoms with Gasteiger partial charge in [0.25, 0.3) is 5.91 Å². The van der Waals surface area contributed by atoms with Gasteiger partial charge in [0.2, 0.25) is 0 Å². The number of piperazine rings is 1. The van der Waals surface area contributed by atoms with Gasteiger partial charge in [-0.1, -0.05) is 6.07 Å². The molecule has 7 heteroatoms. The first-order valence-corrected chi connectivity index (χ1v) is 7.01. The topological polar surface area (TPSA) is 74.8 Å². The van der Waals surface area contributed by atoms with E-state index in [-0.39, 0.29) is 12.0 Å².